The minimum atomic E-state index is 0.643. The van der Waals surface area contributed by atoms with E-state index >= 15 is 0 Å². The van der Waals surface area contributed by atoms with Gasteiger partial charge < -0.3 is 14.8 Å². The smallest absolute Gasteiger partial charge is 0.0701 e. The van der Waals surface area contributed by atoms with Crippen molar-refractivity contribution < 1.29 is 9.47 Å². The van der Waals surface area contributed by atoms with Gasteiger partial charge in [0.2, 0.25) is 0 Å². The molecule has 0 fully saturated rings. The molecular weight excluding hydrogens is 202 g/mol. The topological polar surface area (TPSA) is 30.5 Å². The molecule has 0 aliphatic heterocycles. The van der Waals surface area contributed by atoms with Crippen LogP contribution in [0.5, 0.6) is 0 Å². The molecule has 0 saturated heterocycles. The molecule has 0 unspecified atom stereocenters. The zero-order valence-corrected chi connectivity index (χ0v) is 11.3. The first-order valence-electron chi connectivity index (χ1n) is 6.73. The Hall–Kier alpha value is -0.120. The summed E-state index contributed by atoms with van der Waals surface area (Å²) >= 11 is 0. The fourth-order valence-electron chi connectivity index (χ4n) is 1.48. The number of rotatable bonds is 12. The quantitative estimate of drug-likeness (QED) is 0.524. The molecule has 0 heterocycles. The summed E-state index contributed by atoms with van der Waals surface area (Å²) in [7, 11) is 0. The molecule has 0 saturated carbocycles. The lowest BCUT2D eigenvalue weighted by molar-refractivity contribution is 0.0471. The molecule has 0 aromatic heterocycles. The zero-order valence-electron chi connectivity index (χ0n) is 11.3. The molecule has 16 heavy (non-hydrogen) atoms. The highest BCUT2D eigenvalue weighted by Crippen LogP contribution is 1.94. The van der Waals surface area contributed by atoms with E-state index < -0.39 is 0 Å². The van der Waals surface area contributed by atoms with E-state index in [1.54, 1.807) is 0 Å². The molecule has 0 atom stereocenters. The summed E-state index contributed by atoms with van der Waals surface area (Å²) in [5, 5.41) is 3.46. The van der Waals surface area contributed by atoms with Crippen LogP contribution >= 0.6 is 0 Å². The maximum absolute atomic E-state index is 5.47. The van der Waals surface area contributed by atoms with Crippen molar-refractivity contribution in [3.05, 3.63) is 0 Å². The summed E-state index contributed by atoms with van der Waals surface area (Å²) in [6.45, 7) is 10.6. The van der Waals surface area contributed by atoms with Gasteiger partial charge in [0, 0.05) is 19.2 Å². The average molecular weight is 231 g/mol. The molecule has 3 nitrogen and oxygen atoms in total. The van der Waals surface area contributed by atoms with Crippen molar-refractivity contribution in [2.24, 2.45) is 0 Å². The molecule has 0 aromatic carbocycles. The first-order valence-corrected chi connectivity index (χ1v) is 6.73. The summed E-state index contributed by atoms with van der Waals surface area (Å²) in [5.74, 6) is 0. The molecule has 0 aliphatic rings. The van der Waals surface area contributed by atoms with Crippen LogP contribution in [0, 0.1) is 0 Å². The summed E-state index contributed by atoms with van der Waals surface area (Å²) in [6, 6.07) is 0.643. The van der Waals surface area contributed by atoms with Gasteiger partial charge in [-0.2, -0.15) is 0 Å². The third-order valence-electron chi connectivity index (χ3n) is 2.68. The van der Waals surface area contributed by atoms with Crippen LogP contribution in [-0.4, -0.2) is 39.0 Å². The standard InChI is InChI=1S/C13H29NO2/c1-4-7-9-15-11-12-16-10-8-14-13(5-2)6-3/h13-14H,4-12H2,1-3H3. The lowest BCUT2D eigenvalue weighted by Crippen LogP contribution is -2.31. The van der Waals surface area contributed by atoms with Gasteiger partial charge >= 0.3 is 0 Å². The number of ether oxygens (including phenoxy) is 2. The lowest BCUT2D eigenvalue weighted by Gasteiger charge is -2.14. The summed E-state index contributed by atoms with van der Waals surface area (Å²) in [6.07, 6.45) is 4.73. The Morgan fingerprint density at radius 3 is 2.06 bits per heavy atom. The summed E-state index contributed by atoms with van der Waals surface area (Å²) in [5.41, 5.74) is 0. The largest absolute Gasteiger partial charge is 0.379 e. The van der Waals surface area contributed by atoms with E-state index in [0.717, 1.165) is 32.8 Å². The Kier molecular flexibility index (Phi) is 12.9. The molecule has 98 valence electrons. The van der Waals surface area contributed by atoms with Crippen molar-refractivity contribution in [2.45, 2.75) is 52.5 Å². The van der Waals surface area contributed by atoms with E-state index in [1.165, 1.54) is 19.3 Å². The van der Waals surface area contributed by atoms with E-state index in [0.29, 0.717) is 12.6 Å². The van der Waals surface area contributed by atoms with Crippen LogP contribution in [0.2, 0.25) is 0 Å². The zero-order chi connectivity index (χ0) is 12.1. The fourth-order valence-corrected chi connectivity index (χ4v) is 1.48. The predicted octanol–water partition coefficient (Wildman–Crippen LogP) is 2.60. The van der Waals surface area contributed by atoms with Crippen molar-refractivity contribution in [3.8, 4) is 0 Å². The molecule has 1 N–H and O–H groups in total. The summed E-state index contributed by atoms with van der Waals surface area (Å²) < 4.78 is 10.9. The molecule has 0 rings (SSSR count). The molecule has 0 aliphatic carbocycles. The Bertz CT molecular complexity index is 127. The highest BCUT2D eigenvalue weighted by molar-refractivity contribution is 4.61. The molecule has 0 amide bonds. The minimum Gasteiger partial charge on any atom is -0.379 e. The third-order valence-corrected chi connectivity index (χ3v) is 2.68. The SMILES string of the molecule is CCCCOCCOCCNC(CC)CC. The fraction of sp³-hybridized carbons (Fsp3) is 1.00. The first kappa shape index (κ1) is 15.9. The highest BCUT2D eigenvalue weighted by atomic mass is 16.5. The Morgan fingerprint density at radius 1 is 0.875 bits per heavy atom. The van der Waals surface area contributed by atoms with E-state index in [2.05, 4.69) is 26.1 Å². The van der Waals surface area contributed by atoms with E-state index in [4.69, 9.17) is 9.47 Å². The maximum Gasteiger partial charge on any atom is 0.0701 e. The Balaban J connectivity index is 3.03. The van der Waals surface area contributed by atoms with Crippen molar-refractivity contribution >= 4 is 0 Å². The van der Waals surface area contributed by atoms with Gasteiger partial charge in [0.25, 0.3) is 0 Å². The van der Waals surface area contributed by atoms with Crippen molar-refractivity contribution in [2.75, 3.05) is 33.0 Å². The monoisotopic (exact) mass is 231 g/mol. The van der Waals surface area contributed by atoms with Gasteiger partial charge in [-0.1, -0.05) is 27.2 Å². The van der Waals surface area contributed by atoms with E-state index in [1.807, 2.05) is 0 Å². The van der Waals surface area contributed by atoms with Crippen LogP contribution in [0.3, 0.4) is 0 Å². The first-order chi connectivity index (χ1) is 7.85. The Morgan fingerprint density at radius 2 is 1.50 bits per heavy atom. The molecule has 3 heteroatoms. The van der Waals surface area contributed by atoms with Gasteiger partial charge in [0.05, 0.1) is 19.8 Å². The van der Waals surface area contributed by atoms with Crippen LogP contribution < -0.4 is 5.32 Å². The number of hydrogen-bond donors (Lipinski definition) is 1. The number of unbranched alkanes of at least 4 members (excludes halogenated alkanes) is 1. The number of hydrogen-bond acceptors (Lipinski definition) is 3. The summed E-state index contributed by atoms with van der Waals surface area (Å²) in [4.78, 5) is 0. The molecule has 0 bridgehead atoms. The van der Waals surface area contributed by atoms with Crippen LogP contribution in [0.4, 0.5) is 0 Å². The van der Waals surface area contributed by atoms with Crippen LogP contribution in [0.25, 0.3) is 0 Å². The van der Waals surface area contributed by atoms with Crippen molar-refractivity contribution in [1.29, 1.82) is 0 Å². The van der Waals surface area contributed by atoms with Gasteiger partial charge in [0.15, 0.2) is 0 Å². The van der Waals surface area contributed by atoms with Crippen molar-refractivity contribution in [1.82, 2.24) is 5.32 Å². The van der Waals surface area contributed by atoms with Gasteiger partial charge in [-0.15, -0.1) is 0 Å². The van der Waals surface area contributed by atoms with E-state index in [-0.39, 0.29) is 0 Å². The molecule has 0 radical (unpaired) electrons. The highest BCUT2D eigenvalue weighted by Gasteiger charge is 2.00. The van der Waals surface area contributed by atoms with Gasteiger partial charge in [-0.3, -0.25) is 0 Å². The number of nitrogens with one attached hydrogen (secondary N) is 1. The van der Waals surface area contributed by atoms with Crippen LogP contribution in [-0.2, 0) is 9.47 Å². The third kappa shape index (κ3) is 10.4. The second kappa shape index (κ2) is 12.9. The van der Waals surface area contributed by atoms with Crippen LogP contribution in [0.15, 0.2) is 0 Å². The van der Waals surface area contributed by atoms with Gasteiger partial charge in [-0.05, 0) is 19.3 Å². The van der Waals surface area contributed by atoms with E-state index in [9.17, 15) is 0 Å². The van der Waals surface area contributed by atoms with Gasteiger partial charge in [0.1, 0.15) is 0 Å². The molecule has 0 spiro atoms. The van der Waals surface area contributed by atoms with Gasteiger partial charge in [-0.25, -0.2) is 0 Å². The lowest BCUT2D eigenvalue weighted by atomic mass is 10.2. The second-order valence-electron chi connectivity index (χ2n) is 4.05. The molecular formula is C13H29NO2. The normalized spacial score (nSPS) is 11.2. The van der Waals surface area contributed by atoms with Crippen molar-refractivity contribution in [3.63, 3.8) is 0 Å². The minimum absolute atomic E-state index is 0.643. The molecule has 0 aromatic rings. The average Bonchev–Trinajstić information content (AvgIpc) is 2.32. The van der Waals surface area contributed by atoms with Crippen LogP contribution in [0.1, 0.15) is 46.5 Å². The maximum atomic E-state index is 5.47. The predicted molar refractivity (Wildman–Crippen MR) is 68.9 cm³/mol. The second-order valence-corrected chi connectivity index (χ2v) is 4.05. The Labute approximate surface area is 101 Å².